The molecule has 6 aliphatic rings. The van der Waals surface area contributed by atoms with E-state index in [1.165, 1.54) is 12.5 Å². The van der Waals surface area contributed by atoms with E-state index in [2.05, 4.69) is 33.8 Å². The van der Waals surface area contributed by atoms with Gasteiger partial charge in [-0.15, -0.1) is 0 Å². The van der Waals surface area contributed by atoms with Gasteiger partial charge in [0.1, 0.15) is 6.10 Å². The van der Waals surface area contributed by atoms with Crippen molar-refractivity contribution in [1.29, 1.82) is 0 Å². The zero-order chi connectivity index (χ0) is 24.0. The van der Waals surface area contributed by atoms with Gasteiger partial charge in [-0.3, -0.25) is 9.59 Å². The molecule has 4 aliphatic carbocycles. The fraction of sp³-hybridized carbons (Fsp3) is 0.862. The zero-order valence-corrected chi connectivity index (χ0v) is 21.6. The summed E-state index contributed by atoms with van der Waals surface area (Å²) in [6.45, 7) is 11.5. The minimum atomic E-state index is -0.487. The zero-order valence-electron chi connectivity index (χ0n) is 21.6. The third-order valence-corrected chi connectivity index (χ3v) is 11.5. The molecule has 0 radical (unpaired) electrons. The van der Waals surface area contributed by atoms with E-state index in [-0.39, 0.29) is 40.8 Å². The van der Waals surface area contributed by atoms with Gasteiger partial charge in [-0.2, -0.15) is 0 Å². The Bertz CT molecular complexity index is 915. The van der Waals surface area contributed by atoms with E-state index < -0.39 is 5.79 Å². The molecule has 188 valence electrons. The lowest BCUT2D eigenvalue weighted by atomic mass is 9.48. The summed E-state index contributed by atoms with van der Waals surface area (Å²) in [6.07, 6.45) is 10.4. The Hall–Kier alpha value is -1.20. The number of esters is 1. The number of carbonyl (C=O) groups excluding carboxylic acids is 2. The number of hydrogen-bond acceptors (Lipinski definition) is 5. The van der Waals surface area contributed by atoms with E-state index in [4.69, 9.17) is 14.2 Å². The summed E-state index contributed by atoms with van der Waals surface area (Å²) < 4.78 is 18.8. The van der Waals surface area contributed by atoms with Gasteiger partial charge >= 0.3 is 5.97 Å². The minimum absolute atomic E-state index is 0.0340. The van der Waals surface area contributed by atoms with Crippen molar-refractivity contribution in [3.63, 3.8) is 0 Å². The number of ketones is 1. The molecule has 0 N–H and O–H groups in total. The number of rotatable bonds is 1. The normalized spacial score (nSPS) is 54.0. The number of hydrogen-bond donors (Lipinski definition) is 0. The highest BCUT2D eigenvalue weighted by Gasteiger charge is 2.70. The number of ether oxygens (including phenoxy) is 3. The third-order valence-electron chi connectivity index (χ3n) is 11.5. The van der Waals surface area contributed by atoms with Gasteiger partial charge in [0.05, 0.1) is 12.7 Å². The monoisotopic (exact) mass is 470 g/mol. The van der Waals surface area contributed by atoms with Crippen molar-refractivity contribution >= 4 is 11.8 Å². The summed E-state index contributed by atoms with van der Waals surface area (Å²) >= 11 is 0. The smallest absolute Gasteiger partial charge is 0.302 e. The molecule has 2 aliphatic heterocycles. The lowest BCUT2D eigenvalue weighted by Crippen LogP contribution is -2.53. The molecule has 0 aromatic heterocycles. The van der Waals surface area contributed by atoms with Gasteiger partial charge < -0.3 is 14.2 Å². The molecular formula is C29H42O5. The molecule has 5 heteroatoms. The van der Waals surface area contributed by atoms with Crippen molar-refractivity contribution in [2.45, 2.75) is 104 Å². The standard InChI is InChI=1S/C29H42O5/c1-16-8-11-29(32-15-16)17(2)26-24(34-29)13-23-21-7-6-19-12-20(33-18(3)30)9-10-27(19,4)22(21)14-25(31)28(23,26)5/h14,16-17,19-21,23-24,26H,6-13,15H2,1-5H3/t16-,17+,19+,20+,21-,23+,24+,26+,27+,28-,29-/m1/s1. The fourth-order valence-electron chi connectivity index (χ4n) is 9.61. The highest BCUT2D eigenvalue weighted by atomic mass is 16.7. The molecule has 1 spiro atoms. The van der Waals surface area contributed by atoms with Crippen LogP contribution in [-0.2, 0) is 23.8 Å². The lowest BCUT2D eigenvalue weighted by molar-refractivity contribution is -0.271. The predicted octanol–water partition coefficient (Wildman–Crippen LogP) is 5.46. The Morgan fingerprint density at radius 2 is 1.88 bits per heavy atom. The van der Waals surface area contributed by atoms with Crippen LogP contribution in [0.15, 0.2) is 11.6 Å². The van der Waals surface area contributed by atoms with Gasteiger partial charge in [0, 0.05) is 30.6 Å². The summed E-state index contributed by atoms with van der Waals surface area (Å²) in [5.74, 6) is 2.05. The summed E-state index contributed by atoms with van der Waals surface area (Å²) in [5, 5.41) is 0. The van der Waals surface area contributed by atoms with E-state index in [1.807, 2.05) is 0 Å². The maximum atomic E-state index is 14.0. The van der Waals surface area contributed by atoms with Crippen LogP contribution in [0.5, 0.6) is 0 Å². The van der Waals surface area contributed by atoms with Crippen LogP contribution in [0.25, 0.3) is 0 Å². The molecule has 0 unspecified atom stereocenters. The number of carbonyl (C=O) groups is 2. The molecule has 0 aromatic carbocycles. The van der Waals surface area contributed by atoms with Crippen LogP contribution < -0.4 is 0 Å². The molecular weight excluding hydrogens is 428 g/mol. The second kappa shape index (κ2) is 7.65. The Kier molecular flexibility index (Phi) is 5.22. The second-order valence-corrected chi connectivity index (χ2v) is 13.1. The lowest BCUT2D eigenvalue weighted by Gasteiger charge is -2.56. The van der Waals surface area contributed by atoms with Gasteiger partial charge in [0.25, 0.3) is 0 Å². The predicted molar refractivity (Wildman–Crippen MR) is 128 cm³/mol. The van der Waals surface area contributed by atoms with Crippen molar-refractivity contribution in [2.75, 3.05) is 6.61 Å². The van der Waals surface area contributed by atoms with Gasteiger partial charge in [-0.1, -0.05) is 33.3 Å². The molecule has 11 atom stereocenters. The number of allylic oxidation sites excluding steroid dienone is 2. The first-order valence-corrected chi connectivity index (χ1v) is 13.8. The third kappa shape index (κ3) is 3.04. The van der Waals surface area contributed by atoms with Gasteiger partial charge in [-0.25, -0.2) is 0 Å². The maximum Gasteiger partial charge on any atom is 0.302 e. The average molecular weight is 471 g/mol. The first-order chi connectivity index (χ1) is 16.1. The summed E-state index contributed by atoms with van der Waals surface area (Å²) in [4.78, 5) is 25.6. The van der Waals surface area contributed by atoms with Crippen LogP contribution in [-0.4, -0.2) is 36.4 Å². The van der Waals surface area contributed by atoms with Gasteiger partial charge in [-0.05, 0) is 80.1 Å². The first kappa shape index (κ1) is 23.2. The largest absolute Gasteiger partial charge is 0.463 e. The second-order valence-electron chi connectivity index (χ2n) is 13.1. The van der Waals surface area contributed by atoms with Crippen LogP contribution >= 0.6 is 0 Å². The van der Waals surface area contributed by atoms with Crippen molar-refractivity contribution in [3.8, 4) is 0 Å². The average Bonchev–Trinajstić information content (AvgIpc) is 3.23. The fourth-order valence-corrected chi connectivity index (χ4v) is 9.61. The maximum absolute atomic E-state index is 14.0. The molecule has 0 aromatic rings. The highest BCUT2D eigenvalue weighted by molar-refractivity contribution is 5.97. The first-order valence-electron chi connectivity index (χ1n) is 13.8. The number of fused-ring (bicyclic) bond motifs is 7. The van der Waals surface area contributed by atoms with Crippen LogP contribution in [0.2, 0.25) is 0 Å². The van der Waals surface area contributed by atoms with Crippen molar-refractivity contribution in [2.24, 2.45) is 46.3 Å². The van der Waals surface area contributed by atoms with E-state index in [1.54, 1.807) is 0 Å². The van der Waals surface area contributed by atoms with Crippen LogP contribution in [0.3, 0.4) is 0 Å². The minimum Gasteiger partial charge on any atom is -0.463 e. The molecule has 5 nitrogen and oxygen atoms in total. The van der Waals surface area contributed by atoms with E-state index in [0.29, 0.717) is 29.5 Å². The van der Waals surface area contributed by atoms with Crippen LogP contribution in [0.1, 0.15) is 86.0 Å². The Balaban J connectivity index is 1.29. The Morgan fingerprint density at radius 3 is 2.59 bits per heavy atom. The SMILES string of the molecule is CC(=O)O[C@H]1CC[C@]2(C)C3=CC(=O)[C@]4(C)[C@@H]5[C@H](C[C@H]4[C@@H]3CC[C@H]2C1)O[C@]1(CC[C@@H](C)CO1)[C@H]5C. The molecule has 2 saturated heterocycles. The van der Waals surface area contributed by atoms with E-state index in [9.17, 15) is 9.59 Å². The topological polar surface area (TPSA) is 61.8 Å². The van der Waals surface area contributed by atoms with E-state index in [0.717, 1.165) is 58.0 Å². The molecule has 0 bridgehead atoms. The Morgan fingerprint density at radius 1 is 1.09 bits per heavy atom. The highest BCUT2D eigenvalue weighted by Crippen LogP contribution is 2.69. The quantitative estimate of drug-likeness (QED) is 0.476. The van der Waals surface area contributed by atoms with Crippen molar-refractivity contribution in [3.05, 3.63) is 11.6 Å². The Labute approximate surface area is 204 Å². The molecule has 34 heavy (non-hydrogen) atoms. The summed E-state index contributed by atoms with van der Waals surface area (Å²) in [5.41, 5.74) is 1.10. The summed E-state index contributed by atoms with van der Waals surface area (Å²) in [7, 11) is 0. The molecule has 5 fully saturated rings. The molecule has 2 heterocycles. The van der Waals surface area contributed by atoms with Crippen molar-refractivity contribution in [1.82, 2.24) is 0 Å². The molecule has 6 rings (SSSR count). The van der Waals surface area contributed by atoms with Crippen LogP contribution in [0, 0.1) is 46.3 Å². The molecule has 0 amide bonds. The van der Waals surface area contributed by atoms with Gasteiger partial charge in [0.15, 0.2) is 11.6 Å². The summed E-state index contributed by atoms with van der Waals surface area (Å²) in [6, 6.07) is 0. The van der Waals surface area contributed by atoms with E-state index >= 15 is 0 Å². The van der Waals surface area contributed by atoms with Gasteiger partial charge in [0.2, 0.25) is 0 Å². The van der Waals surface area contributed by atoms with Crippen molar-refractivity contribution < 1.29 is 23.8 Å². The molecule has 3 saturated carbocycles. The van der Waals surface area contributed by atoms with Crippen LogP contribution in [0.4, 0.5) is 0 Å².